The fourth-order valence-electron chi connectivity index (χ4n) is 8.63. The van der Waals surface area contributed by atoms with Gasteiger partial charge < -0.3 is 19.1 Å². The average molecular weight is 767 g/mol. The Morgan fingerprint density at radius 3 is 1.79 bits per heavy atom. The molecule has 1 aliphatic rings. The molecule has 7 aromatic rings. The van der Waals surface area contributed by atoms with Gasteiger partial charge in [-0.1, -0.05) is 108 Å². The standard InChI is InChI=1S/C53H58N4O/c1-34-26-35(2)49(36(3)27-34)56-33-55(47-22-15-16-23-48(47)56)40-18-17-19-41(31-40)58-42-24-25-43(37-28-38(51(4,5)6)30-39(29-37)52(7,8)9)44(32-42)50-54-45-20-13-14-21-46(45)57(50)53(10,11)12/h13-32H,33H2,1-12H3. The molecule has 0 saturated heterocycles. The number of hydrogen-bond donors (Lipinski definition) is 0. The maximum Gasteiger partial charge on any atom is 0.142 e. The van der Waals surface area contributed by atoms with Crippen molar-refractivity contribution in [2.24, 2.45) is 0 Å². The summed E-state index contributed by atoms with van der Waals surface area (Å²) in [5.41, 5.74) is 16.4. The minimum Gasteiger partial charge on any atom is -0.457 e. The molecule has 0 spiro atoms. The first-order valence-electron chi connectivity index (χ1n) is 20.7. The Hall–Kier alpha value is -5.81. The molecule has 58 heavy (non-hydrogen) atoms. The number of aryl methyl sites for hydroxylation is 3. The number of anilines is 4. The van der Waals surface area contributed by atoms with Crippen LogP contribution in [0.25, 0.3) is 33.5 Å². The Kier molecular flexibility index (Phi) is 9.58. The molecule has 296 valence electrons. The van der Waals surface area contributed by atoms with Crippen molar-refractivity contribution in [1.29, 1.82) is 0 Å². The van der Waals surface area contributed by atoms with Crippen LogP contribution < -0.4 is 14.5 Å². The Bertz CT molecular complexity index is 2620. The molecule has 0 amide bonds. The zero-order valence-electron chi connectivity index (χ0n) is 36.5. The normalized spacial score (nSPS) is 13.4. The molecule has 1 aromatic heterocycles. The molecule has 0 saturated carbocycles. The Morgan fingerprint density at radius 1 is 0.552 bits per heavy atom. The van der Waals surface area contributed by atoms with E-state index in [0.29, 0.717) is 6.67 Å². The second-order valence-electron chi connectivity index (χ2n) is 19.3. The van der Waals surface area contributed by atoms with Crippen LogP contribution in [0.5, 0.6) is 11.5 Å². The van der Waals surface area contributed by atoms with Crippen molar-refractivity contribution in [3.05, 3.63) is 149 Å². The zero-order valence-corrected chi connectivity index (χ0v) is 36.5. The Morgan fingerprint density at radius 2 is 1.16 bits per heavy atom. The molecule has 1 aliphatic heterocycles. The van der Waals surface area contributed by atoms with Gasteiger partial charge in [0.05, 0.1) is 22.4 Å². The van der Waals surface area contributed by atoms with E-state index in [1.165, 1.54) is 50.4 Å². The predicted octanol–water partition coefficient (Wildman–Crippen LogP) is 14.7. The molecule has 0 N–H and O–H groups in total. The number of rotatable bonds is 6. The van der Waals surface area contributed by atoms with Gasteiger partial charge in [0.15, 0.2) is 0 Å². The topological polar surface area (TPSA) is 33.5 Å². The largest absolute Gasteiger partial charge is 0.457 e. The van der Waals surface area contributed by atoms with Gasteiger partial charge >= 0.3 is 0 Å². The van der Waals surface area contributed by atoms with Gasteiger partial charge in [-0.3, -0.25) is 0 Å². The third-order valence-electron chi connectivity index (χ3n) is 11.5. The first-order chi connectivity index (χ1) is 27.4. The van der Waals surface area contributed by atoms with Gasteiger partial charge in [-0.2, -0.15) is 0 Å². The van der Waals surface area contributed by atoms with Crippen LogP contribution >= 0.6 is 0 Å². The van der Waals surface area contributed by atoms with E-state index in [-0.39, 0.29) is 16.4 Å². The molecule has 5 nitrogen and oxygen atoms in total. The number of aromatic nitrogens is 2. The van der Waals surface area contributed by atoms with Gasteiger partial charge in [0.25, 0.3) is 0 Å². The van der Waals surface area contributed by atoms with Crippen molar-refractivity contribution in [3.63, 3.8) is 0 Å². The van der Waals surface area contributed by atoms with Crippen molar-refractivity contribution in [1.82, 2.24) is 9.55 Å². The van der Waals surface area contributed by atoms with E-state index in [2.05, 4.69) is 219 Å². The minimum absolute atomic E-state index is 0.0204. The lowest BCUT2D eigenvalue weighted by atomic mass is 9.78. The molecular formula is C53H58N4O. The van der Waals surface area contributed by atoms with Gasteiger partial charge in [0.1, 0.15) is 24.0 Å². The van der Waals surface area contributed by atoms with Crippen LogP contribution in [0.3, 0.4) is 0 Å². The molecule has 0 atom stereocenters. The third kappa shape index (κ3) is 7.28. The highest BCUT2D eigenvalue weighted by Gasteiger charge is 2.30. The van der Waals surface area contributed by atoms with Crippen molar-refractivity contribution in [2.45, 2.75) is 99.5 Å². The highest BCUT2D eigenvalue weighted by molar-refractivity contribution is 5.90. The lowest BCUT2D eigenvalue weighted by Crippen LogP contribution is -2.25. The van der Waals surface area contributed by atoms with Gasteiger partial charge in [-0.15, -0.1) is 0 Å². The highest BCUT2D eigenvalue weighted by atomic mass is 16.5. The van der Waals surface area contributed by atoms with Crippen LogP contribution in [0.2, 0.25) is 0 Å². The molecule has 0 radical (unpaired) electrons. The molecule has 6 aromatic carbocycles. The summed E-state index contributed by atoms with van der Waals surface area (Å²) in [6, 6.07) is 43.9. The van der Waals surface area contributed by atoms with Gasteiger partial charge in [0, 0.05) is 28.5 Å². The van der Waals surface area contributed by atoms with Crippen LogP contribution in [0.15, 0.2) is 121 Å². The highest BCUT2D eigenvalue weighted by Crippen LogP contribution is 2.47. The molecule has 0 unspecified atom stereocenters. The van der Waals surface area contributed by atoms with Crippen molar-refractivity contribution in [3.8, 4) is 34.0 Å². The molecule has 0 fully saturated rings. The lowest BCUT2D eigenvalue weighted by Gasteiger charge is -2.28. The summed E-state index contributed by atoms with van der Waals surface area (Å²) in [4.78, 5) is 10.2. The summed E-state index contributed by atoms with van der Waals surface area (Å²) in [5, 5.41) is 0. The minimum atomic E-state index is -0.229. The fraction of sp³-hybridized carbons (Fsp3) is 0.302. The number of para-hydroxylation sites is 4. The fourth-order valence-corrected chi connectivity index (χ4v) is 8.63. The summed E-state index contributed by atoms with van der Waals surface area (Å²) >= 11 is 0. The van der Waals surface area contributed by atoms with Crippen LogP contribution in [0, 0.1) is 20.8 Å². The van der Waals surface area contributed by atoms with Crippen molar-refractivity contribution < 1.29 is 4.74 Å². The van der Waals surface area contributed by atoms with Gasteiger partial charge in [-0.25, -0.2) is 4.98 Å². The van der Waals surface area contributed by atoms with Gasteiger partial charge in [0.2, 0.25) is 0 Å². The number of ether oxygens (including phenoxy) is 1. The summed E-state index contributed by atoms with van der Waals surface area (Å²) in [5.74, 6) is 2.47. The predicted molar refractivity (Wildman–Crippen MR) is 246 cm³/mol. The van der Waals surface area contributed by atoms with E-state index in [1.54, 1.807) is 0 Å². The Labute approximate surface area is 346 Å². The molecule has 8 rings (SSSR count). The van der Waals surface area contributed by atoms with Crippen molar-refractivity contribution in [2.75, 3.05) is 16.5 Å². The SMILES string of the molecule is Cc1cc(C)c(N2CN(c3cccc(Oc4ccc(-c5cc(C(C)(C)C)cc(C(C)(C)C)c5)c(-c5nc6ccccc6n5C(C)(C)C)c4)c3)c3ccccc32)c(C)c1. The number of imidazole rings is 1. The van der Waals surface area contributed by atoms with Crippen LogP contribution in [0.1, 0.15) is 90.1 Å². The molecule has 0 aliphatic carbocycles. The number of fused-ring (bicyclic) bond motifs is 2. The number of hydrogen-bond acceptors (Lipinski definition) is 4. The smallest absolute Gasteiger partial charge is 0.142 e. The van der Waals surface area contributed by atoms with Crippen LogP contribution in [-0.4, -0.2) is 16.2 Å². The zero-order chi connectivity index (χ0) is 41.3. The monoisotopic (exact) mass is 766 g/mol. The molecule has 2 heterocycles. The van der Waals surface area contributed by atoms with E-state index >= 15 is 0 Å². The van der Waals surface area contributed by atoms with E-state index in [1.807, 2.05) is 0 Å². The van der Waals surface area contributed by atoms with Crippen molar-refractivity contribution >= 4 is 33.8 Å². The second kappa shape index (κ2) is 14.2. The summed E-state index contributed by atoms with van der Waals surface area (Å²) in [7, 11) is 0. The maximum absolute atomic E-state index is 6.86. The third-order valence-corrected chi connectivity index (χ3v) is 11.5. The molecular weight excluding hydrogens is 709 g/mol. The Balaban J connectivity index is 1.24. The quantitative estimate of drug-likeness (QED) is 0.169. The molecule has 0 bridgehead atoms. The van der Waals surface area contributed by atoms with E-state index in [9.17, 15) is 0 Å². The van der Waals surface area contributed by atoms with Crippen LogP contribution in [0.4, 0.5) is 22.7 Å². The lowest BCUT2D eigenvalue weighted by molar-refractivity contribution is 0.413. The number of benzene rings is 6. The van der Waals surface area contributed by atoms with Crippen LogP contribution in [-0.2, 0) is 16.4 Å². The van der Waals surface area contributed by atoms with E-state index in [0.717, 1.165) is 45.2 Å². The first kappa shape index (κ1) is 39.0. The number of nitrogens with zero attached hydrogens (tertiary/aromatic N) is 4. The first-order valence-corrected chi connectivity index (χ1v) is 20.7. The van der Waals surface area contributed by atoms with E-state index in [4.69, 9.17) is 9.72 Å². The summed E-state index contributed by atoms with van der Waals surface area (Å²) in [6.45, 7) is 27.9. The van der Waals surface area contributed by atoms with E-state index < -0.39 is 0 Å². The average Bonchev–Trinajstić information content (AvgIpc) is 3.74. The molecule has 5 heteroatoms. The van der Waals surface area contributed by atoms with Gasteiger partial charge in [-0.05, 0) is 140 Å². The second-order valence-corrected chi connectivity index (χ2v) is 19.3. The summed E-state index contributed by atoms with van der Waals surface area (Å²) < 4.78 is 9.25. The summed E-state index contributed by atoms with van der Waals surface area (Å²) in [6.07, 6.45) is 0. The maximum atomic E-state index is 6.86.